The average Bonchev–Trinajstić information content (AvgIpc) is 3.67. The number of carbonyl (C=O) groups excluding carboxylic acids is 1. The van der Waals surface area contributed by atoms with Crippen LogP contribution in [0.4, 0.5) is 0 Å². The number of aliphatic hydroxyl groups is 6. The van der Waals surface area contributed by atoms with Gasteiger partial charge in [0.1, 0.15) is 24.9 Å². The summed E-state index contributed by atoms with van der Waals surface area (Å²) in [5.41, 5.74) is -0.892. The second-order valence-corrected chi connectivity index (χ2v) is 18.8. The summed E-state index contributed by atoms with van der Waals surface area (Å²) in [6.07, 6.45) is -1.51. The highest BCUT2D eigenvalue weighted by Crippen LogP contribution is 2.70. The first-order chi connectivity index (χ1) is 26.0. The zero-order valence-corrected chi connectivity index (χ0v) is 32.9. The van der Waals surface area contributed by atoms with Gasteiger partial charge in [0.05, 0.1) is 54.4 Å². The maximum Gasteiger partial charge on any atom is 0.331 e. The van der Waals surface area contributed by atoms with Crippen molar-refractivity contribution >= 4 is 5.97 Å². The van der Waals surface area contributed by atoms with E-state index in [1.807, 2.05) is 13.8 Å². The van der Waals surface area contributed by atoms with Crippen LogP contribution in [0.25, 0.3) is 0 Å². The van der Waals surface area contributed by atoms with Gasteiger partial charge in [0.25, 0.3) is 0 Å². The Balaban J connectivity index is 0.837. The highest BCUT2D eigenvalue weighted by atomic mass is 16.7. The molecule has 0 bridgehead atoms. The summed E-state index contributed by atoms with van der Waals surface area (Å²) in [5.74, 6) is 0.204. The van der Waals surface area contributed by atoms with Gasteiger partial charge in [-0.05, 0) is 107 Å². The van der Waals surface area contributed by atoms with Crippen LogP contribution in [0, 0.1) is 34.5 Å². The molecule has 0 spiro atoms. The molecule has 14 nitrogen and oxygen atoms in total. The molecule has 0 radical (unpaired) electrons. The van der Waals surface area contributed by atoms with Crippen LogP contribution in [-0.4, -0.2) is 135 Å². The Morgan fingerprint density at radius 1 is 0.691 bits per heavy atom. The quantitative estimate of drug-likeness (QED) is 0.162. The Labute approximate surface area is 323 Å². The third kappa shape index (κ3) is 6.95. The summed E-state index contributed by atoms with van der Waals surface area (Å²) in [6, 6.07) is 0. The van der Waals surface area contributed by atoms with Gasteiger partial charge in [0.15, 0.2) is 18.9 Å². The fourth-order valence-electron chi connectivity index (χ4n) is 12.8. The van der Waals surface area contributed by atoms with Crippen molar-refractivity contribution in [3.05, 3.63) is 11.6 Å². The van der Waals surface area contributed by atoms with Crippen LogP contribution >= 0.6 is 0 Å². The lowest BCUT2D eigenvalue weighted by molar-refractivity contribution is -0.336. The van der Waals surface area contributed by atoms with Gasteiger partial charge in [-0.3, -0.25) is 0 Å². The van der Waals surface area contributed by atoms with E-state index in [1.54, 1.807) is 19.9 Å². The number of fused-ring (bicyclic) bond motifs is 5. The summed E-state index contributed by atoms with van der Waals surface area (Å²) in [7, 11) is 0. The topological polar surface area (TPSA) is 203 Å². The highest BCUT2D eigenvalue weighted by Gasteiger charge is 2.71. The number of aliphatic hydroxyl groups excluding tert-OH is 5. The molecule has 21 atom stereocenters. The summed E-state index contributed by atoms with van der Waals surface area (Å²) in [4.78, 5) is 11.9. The van der Waals surface area contributed by atoms with Crippen LogP contribution in [0.5, 0.6) is 0 Å². The highest BCUT2D eigenvalue weighted by molar-refractivity contribution is 5.85. The summed E-state index contributed by atoms with van der Waals surface area (Å²) in [6.45, 7) is 9.90. The van der Waals surface area contributed by atoms with Gasteiger partial charge in [-0.25, -0.2) is 4.79 Å². The molecule has 11 unspecified atom stereocenters. The number of cyclic esters (lactones) is 1. The molecule has 312 valence electrons. The van der Waals surface area contributed by atoms with Gasteiger partial charge in [0, 0.05) is 30.8 Å². The smallest absolute Gasteiger partial charge is 0.331 e. The molecule has 8 rings (SSSR count). The van der Waals surface area contributed by atoms with Gasteiger partial charge < -0.3 is 63.8 Å². The Bertz CT molecular complexity index is 1410. The molecular formula is C41H64O14. The molecular weight excluding hydrogens is 716 g/mol. The van der Waals surface area contributed by atoms with Crippen molar-refractivity contribution in [3.8, 4) is 0 Å². The van der Waals surface area contributed by atoms with Gasteiger partial charge in [-0.15, -0.1) is 0 Å². The predicted octanol–water partition coefficient (Wildman–Crippen LogP) is 2.22. The van der Waals surface area contributed by atoms with E-state index in [0.717, 1.165) is 44.1 Å². The Morgan fingerprint density at radius 3 is 1.87 bits per heavy atom. The van der Waals surface area contributed by atoms with Crippen molar-refractivity contribution < 1.29 is 68.6 Å². The van der Waals surface area contributed by atoms with E-state index in [-0.39, 0.29) is 61.1 Å². The van der Waals surface area contributed by atoms with Crippen molar-refractivity contribution in [2.45, 2.75) is 197 Å². The predicted molar refractivity (Wildman–Crippen MR) is 193 cm³/mol. The number of carbonyl (C=O) groups is 1. The Hall–Kier alpha value is -1.27. The maximum atomic E-state index is 12.6. The molecule has 0 aromatic heterocycles. The average molecular weight is 781 g/mol. The second-order valence-electron chi connectivity index (χ2n) is 18.8. The van der Waals surface area contributed by atoms with Gasteiger partial charge in [-0.1, -0.05) is 13.8 Å². The van der Waals surface area contributed by atoms with E-state index in [0.29, 0.717) is 18.8 Å². The molecule has 4 heterocycles. The first kappa shape index (κ1) is 40.5. The van der Waals surface area contributed by atoms with Crippen LogP contribution in [0.15, 0.2) is 11.6 Å². The Kier molecular flexibility index (Phi) is 11.1. The molecule has 4 aliphatic carbocycles. The van der Waals surface area contributed by atoms with Crippen LogP contribution in [0.3, 0.4) is 0 Å². The maximum absolute atomic E-state index is 12.6. The van der Waals surface area contributed by atoms with Gasteiger partial charge in [-0.2, -0.15) is 0 Å². The molecule has 4 saturated carbocycles. The minimum Gasteiger partial charge on any atom is -0.458 e. The lowest BCUT2D eigenvalue weighted by Gasteiger charge is -2.65. The van der Waals surface area contributed by atoms with E-state index >= 15 is 0 Å². The third-order valence-corrected chi connectivity index (χ3v) is 16.0. The van der Waals surface area contributed by atoms with Crippen LogP contribution < -0.4 is 0 Å². The largest absolute Gasteiger partial charge is 0.458 e. The van der Waals surface area contributed by atoms with Crippen molar-refractivity contribution in [2.24, 2.45) is 34.5 Å². The van der Waals surface area contributed by atoms with E-state index in [9.17, 15) is 35.4 Å². The minimum absolute atomic E-state index is 0.0452. The summed E-state index contributed by atoms with van der Waals surface area (Å²) < 4.78 is 42.1. The SMILES string of the molecule is CC1O[C@@H](O[C@@H]2C(O)C[C@H](O[C@@H]3C(O)C[C@@H](OC4CC[C@@]5(C)C6CC(O)[C@@]7(C)C(C8=CC(=O)OC8)CC[C@@]7(O)C6CC[C@@H]5C4)OC3C)OC2C)CC(O)[C@H]1O. The normalized spacial score (nSPS) is 55.5. The third-order valence-electron chi connectivity index (χ3n) is 16.0. The zero-order valence-electron chi connectivity index (χ0n) is 32.9. The first-order valence-corrected chi connectivity index (χ1v) is 20.9. The van der Waals surface area contributed by atoms with Crippen molar-refractivity contribution in [1.82, 2.24) is 0 Å². The molecule has 0 aromatic carbocycles. The molecule has 7 fully saturated rings. The molecule has 3 saturated heterocycles. The van der Waals surface area contributed by atoms with Crippen LogP contribution in [0.2, 0.25) is 0 Å². The standard InChI is InChI=1S/C41H64O14/c1-19-36(47)28(42)15-34(50-19)54-38-21(3)52-35(17-30(38)44)55-37-20(2)51-33(16-29(37)43)53-24-8-10-39(4)23(13-24)6-7-26-27(39)14-31(45)40(5)25(9-11-41(26,40)48)22-12-32(46)49-18-22/h12,19-21,23-31,33-38,42-45,47-48H,6-11,13-18H2,1-5H3/t19?,20?,21?,23-,24?,25?,26?,27?,28?,29?,30?,31?,33-,34+,35+,36+,37+,38+,39-,40-,41-/m1/s1. The Morgan fingerprint density at radius 2 is 1.29 bits per heavy atom. The van der Waals surface area contributed by atoms with Crippen molar-refractivity contribution in [3.63, 3.8) is 0 Å². The van der Waals surface area contributed by atoms with Gasteiger partial charge >= 0.3 is 5.97 Å². The van der Waals surface area contributed by atoms with E-state index in [4.69, 9.17) is 33.2 Å². The molecule has 6 N–H and O–H groups in total. The molecule has 55 heavy (non-hydrogen) atoms. The second kappa shape index (κ2) is 15.1. The monoisotopic (exact) mass is 780 g/mol. The van der Waals surface area contributed by atoms with E-state index < -0.39 is 90.9 Å². The molecule has 0 aromatic rings. The summed E-state index contributed by atoms with van der Waals surface area (Å²) in [5, 5.41) is 66.9. The first-order valence-electron chi connectivity index (χ1n) is 20.9. The number of ether oxygens (including phenoxy) is 7. The van der Waals surface area contributed by atoms with Crippen molar-refractivity contribution in [2.75, 3.05) is 6.61 Å². The fourth-order valence-corrected chi connectivity index (χ4v) is 12.8. The molecule has 0 amide bonds. The molecule has 14 heteroatoms. The molecule has 4 aliphatic heterocycles. The number of hydrogen-bond donors (Lipinski definition) is 6. The molecule has 8 aliphatic rings. The van der Waals surface area contributed by atoms with Crippen LogP contribution in [0.1, 0.15) is 105 Å². The number of hydrogen-bond acceptors (Lipinski definition) is 14. The van der Waals surface area contributed by atoms with Crippen LogP contribution in [-0.2, 0) is 38.0 Å². The minimum atomic E-state index is -1.01. The van der Waals surface area contributed by atoms with Gasteiger partial charge in [0.2, 0.25) is 0 Å². The zero-order chi connectivity index (χ0) is 39.2. The number of rotatable bonds is 7. The van der Waals surface area contributed by atoms with Crippen molar-refractivity contribution in [1.29, 1.82) is 0 Å². The summed E-state index contributed by atoms with van der Waals surface area (Å²) >= 11 is 0. The van der Waals surface area contributed by atoms with E-state index in [2.05, 4.69) is 6.92 Å². The fraction of sp³-hybridized carbons (Fsp3) is 0.927. The lowest BCUT2D eigenvalue weighted by Crippen LogP contribution is -2.67. The lowest BCUT2D eigenvalue weighted by atomic mass is 9.42. The number of esters is 1. The van der Waals surface area contributed by atoms with E-state index in [1.165, 1.54) is 0 Å².